The lowest BCUT2D eigenvalue weighted by molar-refractivity contribution is 0.0940. The van der Waals surface area contributed by atoms with Gasteiger partial charge in [-0.3, -0.25) is 4.79 Å². The van der Waals surface area contributed by atoms with Gasteiger partial charge in [0.1, 0.15) is 0 Å². The van der Waals surface area contributed by atoms with Crippen LogP contribution in [0, 0.1) is 0 Å². The Balaban J connectivity index is 1.89. The largest absolute Gasteiger partial charge is 0.383 e. The number of hydrogen-bond donors (Lipinski definition) is 1. The quantitative estimate of drug-likeness (QED) is 0.782. The molecule has 1 fully saturated rings. The van der Waals surface area contributed by atoms with E-state index in [4.69, 9.17) is 4.74 Å². The van der Waals surface area contributed by atoms with Crippen molar-refractivity contribution < 1.29 is 9.53 Å². The molecule has 4 nitrogen and oxygen atoms in total. The van der Waals surface area contributed by atoms with E-state index < -0.39 is 0 Å². The fourth-order valence-corrected chi connectivity index (χ4v) is 4.76. The van der Waals surface area contributed by atoms with Crippen LogP contribution >= 0.6 is 11.3 Å². The van der Waals surface area contributed by atoms with E-state index in [2.05, 4.69) is 35.3 Å². The molecule has 1 atom stereocenters. The summed E-state index contributed by atoms with van der Waals surface area (Å²) < 4.78 is 6.23. The number of methoxy groups -OCH3 is 1. The topological polar surface area (TPSA) is 41.6 Å². The van der Waals surface area contributed by atoms with Gasteiger partial charge in [0.15, 0.2) is 0 Å². The van der Waals surface area contributed by atoms with Gasteiger partial charge in [-0.05, 0) is 49.4 Å². The maximum absolute atomic E-state index is 12.7. The summed E-state index contributed by atoms with van der Waals surface area (Å²) >= 11 is 1.61. The number of ether oxygens (including phenoxy) is 1. The predicted octanol–water partition coefficient (Wildman–Crippen LogP) is 3.30. The highest BCUT2D eigenvalue weighted by atomic mass is 32.1. The molecule has 1 aliphatic rings. The number of fused-ring (bicyclic) bond motifs is 1. The van der Waals surface area contributed by atoms with E-state index in [-0.39, 0.29) is 5.91 Å². The summed E-state index contributed by atoms with van der Waals surface area (Å²) in [6, 6.07) is 8.93. The Hall–Kier alpha value is -1.43. The van der Waals surface area contributed by atoms with Gasteiger partial charge >= 0.3 is 0 Å². The lowest BCUT2D eigenvalue weighted by Crippen LogP contribution is -2.32. The SMILES string of the molecule is CCN1CCC[C@H]1Cc1c(C(=O)NCCOC)sc2ccccc12. The maximum atomic E-state index is 12.7. The van der Waals surface area contributed by atoms with Gasteiger partial charge in [-0.2, -0.15) is 0 Å². The number of likely N-dealkylation sites (N-methyl/N-ethyl adjacent to an activating group) is 1. The van der Waals surface area contributed by atoms with Crippen molar-refractivity contribution in [3.05, 3.63) is 34.7 Å². The minimum absolute atomic E-state index is 0.0318. The zero-order chi connectivity index (χ0) is 16.9. The molecule has 1 saturated heterocycles. The highest BCUT2D eigenvalue weighted by Crippen LogP contribution is 2.34. The van der Waals surface area contributed by atoms with Crippen molar-refractivity contribution in [2.75, 3.05) is 33.4 Å². The van der Waals surface area contributed by atoms with E-state index in [0.717, 1.165) is 17.8 Å². The monoisotopic (exact) mass is 346 g/mol. The molecule has 0 radical (unpaired) electrons. The molecule has 130 valence electrons. The second-order valence-corrected chi connectivity index (χ2v) is 7.34. The summed E-state index contributed by atoms with van der Waals surface area (Å²) in [5, 5.41) is 4.22. The Morgan fingerprint density at radius 1 is 1.42 bits per heavy atom. The fourth-order valence-electron chi connectivity index (χ4n) is 3.61. The third-order valence-corrected chi connectivity index (χ3v) is 6.05. The van der Waals surface area contributed by atoms with Crippen LogP contribution in [0.25, 0.3) is 10.1 Å². The first-order chi connectivity index (χ1) is 11.7. The summed E-state index contributed by atoms with van der Waals surface area (Å²) in [7, 11) is 1.65. The minimum atomic E-state index is 0.0318. The molecule has 0 bridgehead atoms. The van der Waals surface area contributed by atoms with Gasteiger partial charge in [-0.15, -0.1) is 11.3 Å². The molecule has 0 saturated carbocycles. The third-order valence-electron chi connectivity index (χ3n) is 4.84. The lowest BCUT2D eigenvalue weighted by Gasteiger charge is -2.23. The van der Waals surface area contributed by atoms with E-state index in [1.807, 2.05) is 6.07 Å². The lowest BCUT2D eigenvalue weighted by atomic mass is 10.0. The molecule has 5 heteroatoms. The first kappa shape index (κ1) is 17.4. The number of carbonyl (C=O) groups is 1. The zero-order valence-corrected chi connectivity index (χ0v) is 15.3. The number of thiophene rings is 1. The smallest absolute Gasteiger partial charge is 0.261 e. The second kappa shape index (κ2) is 8.10. The molecule has 1 aromatic heterocycles. The summed E-state index contributed by atoms with van der Waals surface area (Å²) in [5.41, 5.74) is 1.22. The summed E-state index contributed by atoms with van der Waals surface area (Å²) in [6.45, 7) is 5.58. The number of hydrogen-bond acceptors (Lipinski definition) is 4. The molecule has 2 aromatic rings. The molecule has 1 aliphatic heterocycles. The fraction of sp³-hybridized carbons (Fsp3) is 0.526. The van der Waals surface area contributed by atoms with Crippen LogP contribution in [0.15, 0.2) is 24.3 Å². The molecule has 1 N–H and O–H groups in total. The van der Waals surface area contributed by atoms with Crippen LogP contribution in [-0.4, -0.2) is 50.2 Å². The minimum Gasteiger partial charge on any atom is -0.383 e. The number of nitrogens with one attached hydrogen (secondary N) is 1. The van der Waals surface area contributed by atoms with E-state index in [1.165, 1.54) is 35.0 Å². The molecule has 1 amide bonds. The average Bonchev–Trinajstić information content (AvgIpc) is 3.20. The van der Waals surface area contributed by atoms with Gasteiger partial charge in [0.25, 0.3) is 5.91 Å². The highest BCUT2D eigenvalue weighted by molar-refractivity contribution is 7.21. The van der Waals surface area contributed by atoms with Crippen LogP contribution in [0.4, 0.5) is 0 Å². The molecule has 0 aliphatic carbocycles. The first-order valence-corrected chi connectivity index (χ1v) is 9.57. The number of rotatable bonds is 7. The molecule has 3 rings (SSSR count). The van der Waals surface area contributed by atoms with E-state index in [0.29, 0.717) is 19.2 Å². The standard InChI is InChI=1S/C19H26N2O2S/c1-3-21-11-6-7-14(21)13-16-15-8-4-5-9-17(15)24-18(16)19(22)20-10-12-23-2/h4-5,8-9,14H,3,6-7,10-13H2,1-2H3,(H,20,22)/t14-/m0/s1. The number of benzene rings is 1. The summed E-state index contributed by atoms with van der Waals surface area (Å²) in [5.74, 6) is 0.0318. The van der Waals surface area contributed by atoms with Crippen molar-refractivity contribution in [2.24, 2.45) is 0 Å². The summed E-state index contributed by atoms with van der Waals surface area (Å²) in [6.07, 6.45) is 3.45. The molecular formula is C19H26N2O2S. The highest BCUT2D eigenvalue weighted by Gasteiger charge is 2.27. The van der Waals surface area contributed by atoms with Crippen LogP contribution < -0.4 is 5.32 Å². The predicted molar refractivity (Wildman–Crippen MR) is 100 cm³/mol. The molecule has 0 unspecified atom stereocenters. The second-order valence-electron chi connectivity index (χ2n) is 6.28. The average molecular weight is 346 g/mol. The molecule has 0 spiro atoms. The Kier molecular flexibility index (Phi) is 5.87. The number of carbonyl (C=O) groups excluding carboxylic acids is 1. The molecule has 1 aromatic carbocycles. The van der Waals surface area contributed by atoms with Crippen molar-refractivity contribution in [3.63, 3.8) is 0 Å². The Bertz CT molecular complexity index is 698. The van der Waals surface area contributed by atoms with E-state index in [9.17, 15) is 4.79 Å². The van der Waals surface area contributed by atoms with Crippen LogP contribution in [0.3, 0.4) is 0 Å². The van der Waals surface area contributed by atoms with Gasteiger partial charge < -0.3 is 15.0 Å². The maximum Gasteiger partial charge on any atom is 0.261 e. The third kappa shape index (κ3) is 3.63. The zero-order valence-electron chi connectivity index (χ0n) is 14.5. The van der Waals surface area contributed by atoms with Gasteiger partial charge in [0.05, 0.1) is 11.5 Å². The molecule has 2 heterocycles. The van der Waals surface area contributed by atoms with Crippen LogP contribution in [0.1, 0.15) is 35.0 Å². The number of likely N-dealkylation sites (tertiary alicyclic amines) is 1. The van der Waals surface area contributed by atoms with E-state index in [1.54, 1.807) is 18.4 Å². The number of nitrogens with zero attached hydrogens (tertiary/aromatic N) is 1. The van der Waals surface area contributed by atoms with Gasteiger partial charge in [-0.1, -0.05) is 25.1 Å². The molecule has 24 heavy (non-hydrogen) atoms. The van der Waals surface area contributed by atoms with Crippen LogP contribution in [-0.2, 0) is 11.2 Å². The molecular weight excluding hydrogens is 320 g/mol. The van der Waals surface area contributed by atoms with Crippen LogP contribution in [0.2, 0.25) is 0 Å². The van der Waals surface area contributed by atoms with Crippen molar-refractivity contribution in [1.82, 2.24) is 10.2 Å². The van der Waals surface area contributed by atoms with Gasteiger partial charge in [0, 0.05) is 24.4 Å². The van der Waals surface area contributed by atoms with Crippen molar-refractivity contribution in [2.45, 2.75) is 32.2 Å². The summed E-state index contributed by atoms with van der Waals surface area (Å²) in [4.78, 5) is 16.1. The van der Waals surface area contributed by atoms with E-state index >= 15 is 0 Å². The Labute approximate surface area is 147 Å². The van der Waals surface area contributed by atoms with Crippen molar-refractivity contribution in [3.8, 4) is 0 Å². The Morgan fingerprint density at radius 3 is 3.04 bits per heavy atom. The van der Waals surface area contributed by atoms with Crippen molar-refractivity contribution >= 4 is 27.3 Å². The normalized spacial score (nSPS) is 18.3. The van der Waals surface area contributed by atoms with Gasteiger partial charge in [-0.25, -0.2) is 0 Å². The van der Waals surface area contributed by atoms with Crippen LogP contribution in [0.5, 0.6) is 0 Å². The first-order valence-electron chi connectivity index (χ1n) is 8.76. The Morgan fingerprint density at radius 2 is 2.25 bits per heavy atom. The van der Waals surface area contributed by atoms with Gasteiger partial charge in [0.2, 0.25) is 0 Å². The van der Waals surface area contributed by atoms with Crippen molar-refractivity contribution in [1.29, 1.82) is 0 Å². The number of amides is 1.